The van der Waals surface area contributed by atoms with E-state index in [1.54, 1.807) is 31.2 Å². The Balaban J connectivity index is 2.29. The first-order valence-electron chi connectivity index (χ1n) is 5.53. The van der Waals surface area contributed by atoms with E-state index in [1.807, 2.05) is 12.1 Å². The molecule has 0 aromatic heterocycles. The zero-order valence-electron chi connectivity index (χ0n) is 10.1. The Morgan fingerprint density at radius 1 is 1.26 bits per heavy atom. The molecule has 0 bridgehead atoms. The molecule has 0 atom stereocenters. The summed E-state index contributed by atoms with van der Waals surface area (Å²) in [5.41, 5.74) is 2.57. The van der Waals surface area contributed by atoms with E-state index in [9.17, 15) is 4.79 Å². The van der Waals surface area contributed by atoms with Gasteiger partial charge < -0.3 is 10.4 Å². The minimum absolute atomic E-state index is 0.299. The Bertz CT molecular complexity index is 643. The maximum atomic E-state index is 10.9. The predicted octanol–water partition coefficient (Wildman–Crippen LogP) is 4.85. The molecule has 5 heteroatoms. The number of aryl methyl sites for hydroxylation is 1. The summed E-state index contributed by atoms with van der Waals surface area (Å²) in [4.78, 5) is 10.9. The zero-order valence-corrected chi connectivity index (χ0v) is 12.4. The molecule has 2 N–H and O–H groups in total. The fraction of sp³-hybridized carbons (Fsp3) is 0.0714. The van der Waals surface area contributed by atoms with Crippen molar-refractivity contribution >= 4 is 44.9 Å². The van der Waals surface area contributed by atoms with E-state index in [2.05, 4.69) is 21.2 Å². The van der Waals surface area contributed by atoms with Crippen molar-refractivity contribution in [2.45, 2.75) is 6.92 Å². The van der Waals surface area contributed by atoms with Gasteiger partial charge in [0.25, 0.3) is 0 Å². The monoisotopic (exact) mass is 339 g/mol. The van der Waals surface area contributed by atoms with Gasteiger partial charge in [-0.05, 0) is 48.9 Å². The summed E-state index contributed by atoms with van der Waals surface area (Å²) >= 11 is 9.46. The van der Waals surface area contributed by atoms with E-state index in [0.717, 1.165) is 15.8 Å². The lowest BCUT2D eigenvalue weighted by molar-refractivity contribution is 0.0696. The third kappa shape index (κ3) is 3.28. The van der Waals surface area contributed by atoms with Crippen LogP contribution < -0.4 is 5.32 Å². The van der Waals surface area contributed by atoms with Crippen molar-refractivity contribution < 1.29 is 9.90 Å². The second-order valence-electron chi connectivity index (χ2n) is 4.08. The molecule has 0 heterocycles. The van der Waals surface area contributed by atoms with Crippen LogP contribution in [0, 0.1) is 6.92 Å². The third-order valence-electron chi connectivity index (χ3n) is 2.67. The molecule has 98 valence electrons. The number of nitrogens with one attached hydrogen (secondary N) is 1. The van der Waals surface area contributed by atoms with Crippen LogP contribution in [0.2, 0.25) is 5.02 Å². The van der Waals surface area contributed by atoms with Crippen LogP contribution in [-0.2, 0) is 0 Å². The quantitative estimate of drug-likeness (QED) is 0.839. The molecule has 3 nitrogen and oxygen atoms in total. The predicted molar refractivity (Wildman–Crippen MR) is 80.6 cm³/mol. The normalized spacial score (nSPS) is 10.3. The van der Waals surface area contributed by atoms with Gasteiger partial charge in [0, 0.05) is 10.2 Å². The van der Waals surface area contributed by atoms with Crippen LogP contribution in [0.25, 0.3) is 0 Å². The number of carbonyl (C=O) groups is 1. The lowest BCUT2D eigenvalue weighted by Gasteiger charge is -2.10. The van der Waals surface area contributed by atoms with Gasteiger partial charge in [-0.1, -0.05) is 27.5 Å². The Labute approximate surface area is 124 Å². The summed E-state index contributed by atoms with van der Waals surface area (Å²) in [5, 5.41) is 12.7. The fourth-order valence-corrected chi connectivity index (χ4v) is 2.45. The molecule has 19 heavy (non-hydrogen) atoms. The van der Waals surface area contributed by atoms with E-state index < -0.39 is 5.97 Å². The van der Waals surface area contributed by atoms with Crippen molar-refractivity contribution in [1.82, 2.24) is 0 Å². The molecule has 0 unspecified atom stereocenters. The van der Waals surface area contributed by atoms with Crippen LogP contribution in [0.3, 0.4) is 0 Å². The van der Waals surface area contributed by atoms with Gasteiger partial charge in [-0.2, -0.15) is 0 Å². The first-order chi connectivity index (χ1) is 8.97. The molecule has 2 rings (SSSR count). The van der Waals surface area contributed by atoms with E-state index in [1.165, 1.54) is 0 Å². The maximum Gasteiger partial charge on any atom is 0.335 e. The summed E-state index contributed by atoms with van der Waals surface area (Å²) < 4.78 is 0.903. The highest BCUT2D eigenvalue weighted by molar-refractivity contribution is 9.10. The molecule has 0 saturated carbocycles. The lowest BCUT2D eigenvalue weighted by atomic mass is 10.1. The van der Waals surface area contributed by atoms with Crippen LogP contribution >= 0.6 is 27.5 Å². The Morgan fingerprint density at radius 2 is 2.00 bits per heavy atom. The van der Waals surface area contributed by atoms with Crippen molar-refractivity contribution in [3.8, 4) is 0 Å². The van der Waals surface area contributed by atoms with Gasteiger partial charge in [-0.15, -0.1) is 0 Å². The molecule has 0 aliphatic rings. The van der Waals surface area contributed by atoms with Gasteiger partial charge in [-0.3, -0.25) is 0 Å². The van der Waals surface area contributed by atoms with Crippen molar-refractivity contribution in [1.29, 1.82) is 0 Å². The van der Waals surface area contributed by atoms with Gasteiger partial charge in [0.15, 0.2) is 0 Å². The van der Waals surface area contributed by atoms with E-state index >= 15 is 0 Å². The summed E-state index contributed by atoms with van der Waals surface area (Å²) in [5.74, 6) is -0.925. The highest BCUT2D eigenvalue weighted by Gasteiger charge is 2.08. The van der Waals surface area contributed by atoms with Crippen molar-refractivity contribution in [3.05, 3.63) is 57.0 Å². The van der Waals surface area contributed by atoms with E-state index in [4.69, 9.17) is 16.7 Å². The number of carboxylic acid groups (broad SMARTS) is 1. The number of rotatable bonds is 3. The van der Waals surface area contributed by atoms with Gasteiger partial charge in [0.2, 0.25) is 0 Å². The van der Waals surface area contributed by atoms with Gasteiger partial charge in [-0.25, -0.2) is 4.79 Å². The molecule has 0 amide bonds. The van der Waals surface area contributed by atoms with Crippen LogP contribution in [0.4, 0.5) is 11.4 Å². The Kier molecular flexibility index (Phi) is 4.12. The number of anilines is 2. The Hall–Kier alpha value is -1.52. The van der Waals surface area contributed by atoms with Gasteiger partial charge in [0.1, 0.15) is 0 Å². The lowest BCUT2D eigenvalue weighted by Crippen LogP contribution is -2.00. The molecule has 0 fully saturated rings. The minimum atomic E-state index is -0.925. The van der Waals surface area contributed by atoms with Crippen LogP contribution in [0.15, 0.2) is 40.9 Å². The molecule has 0 radical (unpaired) electrons. The van der Waals surface area contributed by atoms with Crippen LogP contribution in [0.1, 0.15) is 15.9 Å². The molecule has 0 aliphatic heterocycles. The molecule has 0 spiro atoms. The number of hydrogen-bond acceptors (Lipinski definition) is 2. The molecule has 2 aromatic rings. The highest BCUT2D eigenvalue weighted by atomic mass is 79.9. The first kappa shape index (κ1) is 13.9. The van der Waals surface area contributed by atoms with Crippen LogP contribution in [-0.4, -0.2) is 11.1 Å². The van der Waals surface area contributed by atoms with Gasteiger partial charge >= 0.3 is 5.97 Å². The fourth-order valence-electron chi connectivity index (χ4n) is 1.73. The van der Waals surface area contributed by atoms with Gasteiger partial charge in [0.05, 0.1) is 16.3 Å². The third-order valence-corrected chi connectivity index (χ3v) is 3.47. The highest BCUT2D eigenvalue weighted by Crippen LogP contribution is 2.29. The number of hydrogen-bond donors (Lipinski definition) is 2. The largest absolute Gasteiger partial charge is 0.478 e. The number of benzene rings is 2. The zero-order chi connectivity index (χ0) is 14.0. The average Bonchev–Trinajstić information content (AvgIpc) is 2.32. The standard InChI is InChI=1S/C14H11BrClNO2/c1-8-6-10(3-4-11(8)14(18)19)17-13-5-2-9(15)7-12(13)16/h2-7,17H,1H3,(H,18,19). The maximum absolute atomic E-state index is 10.9. The second kappa shape index (κ2) is 5.63. The van der Waals surface area contributed by atoms with Crippen molar-refractivity contribution in [2.24, 2.45) is 0 Å². The van der Waals surface area contributed by atoms with Crippen molar-refractivity contribution in [2.75, 3.05) is 5.32 Å². The van der Waals surface area contributed by atoms with E-state index in [-0.39, 0.29) is 0 Å². The van der Waals surface area contributed by atoms with Crippen LogP contribution in [0.5, 0.6) is 0 Å². The topological polar surface area (TPSA) is 49.3 Å². The number of carboxylic acids is 1. The molecular formula is C14H11BrClNO2. The smallest absolute Gasteiger partial charge is 0.335 e. The Morgan fingerprint density at radius 3 is 2.58 bits per heavy atom. The average molecular weight is 341 g/mol. The summed E-state index contributed by atoms with van der Waals surface area (Å²) in [6, 6.07) is 10.6. The SMILES string of the molecule is Cc1cc(Nc2ccc(Br)cc2Cl)ccc1C(=O)O. The van der Waals surface area contributed by atoms with Crippen molar-refractivity contribution in [3.63, 3.8) is 0 Å². The molecular weight excluding hydrogens is 330 g/mol. The number of halogens is 2. The first-order valence-corrected chi connectivity index (χ1v) is 6.70. The molecule has 0 aliphatic carbocycles. The minimum Gasteiger partial charge on any atom is -0.478 e. The second-order valence-corrected chi connectivity index (χ2v) is 5.41. The summed E-state index contributed by atoms with van der Waals surface area (Å²) in [6.07, 6.45) is 0. The molecule has 2 aromatic carbocycles. The summed E-state index contributed by atoms with van der Waals surface area (Å²) in [6.45, 7) is 1.76. The molecule has 0 saturated heterocycles. The summed E-state index contributed by atoms with van der Waals surface area (Å²) in [7, 11) is 0. The number of aromatic carboxylic acids is 1. The van der Waals surface area contributed by atoms with E-state index in [0.29, 0.717) is 16.1 Å².